The quantitative estimate of drug-likeness (QED) is 0.670. The zero-order valence-electron chi connectivity index (χ0n) is 11.0. The second kappa shape index (κ2) is 5.54. The van der Waals surface area contributed by atoms with E-state index >= 15 is 0 Å². The summed E-state index contributed by atoms with van der Waals surface area (Å²) < 4.78 is 6.57. The molecule has 1 aromatic carbocycles. The molecule has 0 aliphatic heterocycles. The largest absolute Gasteiger partial charge is 0.437 e. The molecule has 100 valence electrons. The number of aromatic nitrogens is 2. The Hall–Kier alpha value is -1.66. The van der Waals surface area contributed by atoms with Crippen LogP contribution in [-0.2, 0) is 0 Å². The molecule has 2 aromatic rings. The van der Waals surface area contributed by atoms with E-state index in [1.807, 2.05) is 26.8 Å². The Morgan fingerprint density at radius 3 is 2.58 bits per heavy atom. The molecule has 1 aromatic heterocycles. The van der Waals surface area contributed by atoms with Crippen molar-refractivity contribution in [2.45, 2.75) is 20.8 Å². The van der Waals surface area contributed by atoms with E-state index in [1.54, 1.807) is 6.20 Å². The summed E-state index contributed by atoms with van der Waals surface area (Å²) in [4.78, 5) is 8.17. The van der Waals surface area contributed by atoms with Crippen LogP contribution >= 0.6 is 15.9 Å². The minimum Gasteiger partial charge on any atom is -0.437 e. The van der Waals surface area contributed by atoms with Crippen molar-refractivity contribution in [1.29, 1.82) is 0 Å². The van der Waals surface area contributed by atoms with Gasteiger partial charge in [-0.15, -0.1) is 0 Å². The molecule has 3 N–H and O–H groups in total. The normalized spacial score (nSPS) is 10.4. The molecule has 0 radical (unpaired) electrons. The molecule has 0 spiro atoms. The van der Waals surface area contributed by atoms with E-state index in [1.165, 1.54) is 5.56 Å². The van der Waals surface area contributed by atoms with Crippen LogP contribution in [0.25, 0.3) is 0 Å². The highest BCUT2D eigenvalue weighted by Gasteiger charge is 2.12. The summed E-state index contributed by atoms with van der Waals surface area (Å²) in [6, 6.07) is 4.09. The first-order valence-corrected chi connectivity index (χ1v) is 6.56. The molecular formula is C13H15BrN4O. The monoisotopic (exact) mass is 322 g/mol. The summed E-state index contributed by atoms with van der Waals surface area (Å²) >= 11 is 3.37. The molecule has 0 saturated heterocycles. The number of ether oxygens (including phenoxy) is 1. The summed E-state index contributed by atoms with van der Waals surface area (Å²) in [6.45, 7) is 6.07. The zero-order valence-corrected chi connectivity index (χ0v) is 12.6. The maximum atomic E-state index is 5.90. The number of rotatable bonds is 3. The number of nitrogens with one attached hydrogen (secondary N) is 1. The summed E-state index contributed by atoms with van der Waals surface area (Å²) in [5.41, 5.74) is 5.71. The van der Waals surface area contributed by atoms with Gasteiger partial charge in [-0.3, -0.25) is 5.43 Å². The molecular weight excluding hydrogens is 308 g/mol. The average molecular weight is 323 g/mol. The highest BCUT2D eigenvalue weighted by molar-refractivity contribution is 9.10. The number of benzene rings is 1. The number of hydrazine groups is 1. The van der Waals surface area contributed by atoms with Gasteiger partial charge in [0.2, 0.25) is 11.8 Å². The van der Waals surface area contributed by atoms with Crippen LogP contribution in [0.15, 0.2) is 22.8 Å². The van der Waals surface area contributed by atoms with Crippen LogP contribution in [-0.4, -0.2) is 9.97 Å². The van der Waals surface area contributed by atoms with Gasteiger partial charge >= 0.3 is 0 Å². The molecule has 0 aliphatic rings. The van der Waals surface area contributed by atoms with Gasteiger partial charge in [0, 0.05) is 0 Å². The zero-order chi connectivity index (χ0) is 14.0. The van der Waals surface area contributed by atoms with Crippen molar-refractivity contribution in [2.24, 2.45) is 5.84 Å². The van der Waals surface area contributed by atoms with Crippen molar-refractivity contribution >= 4 is 21.9 Å². The molecule has 1 heterocycles. The molecule has 5 nitrogen and oxygen atoms in total. The van der Waals surface area contributed by atoms with Gasteiger partial charge in [0.15, 0.2) is 0 Å². The van der Waals surface area contributed by atoms with Gasteiger partial charge in [0.25, 0.3) is 0 Å². The van der Waals surface area contributed by atoms with Crippen molar-refractivity contribution in [3.8, 4) is 11.6 Å². The number of nitrogens with zero attached hydrogens (tertiary/aromatic N) is 2. The third-order valence-corrected chi connectivity index (χ3v) is 3.46. The summed E-state index contributed by atoms with van der Waals surface area (Å²) in [5, 5.41) is 0. The number of hydrogen-bond donors (Lipinski definition) is 2. The Kier molecular flexibility index (Phi) is 4.01. The van der Waals surface area contributed by atoms with Crippen LogP contribution < -0.4 is 16.0 Å². The van der Waals surface area contributed by atoms with E-state index in [2.05, 4.69) is 37.4 Å². The first-order chi connectivity index (χ1) is 9.02. The van der Waals surface area contributed by atoms with E-state index in [-0.39, 0.29) is 0 Å². The summed E-state index contributed by atoms with van der Waals surface area (Å²) in [6.07, 6.45) is 1.60. The van der Waals surface area contributed by atoms with Gasteiger partial charge in [-0.1, -0.05) is 12.1 Å². The third kappa shape index (κ3) is 2.85. The van der Waals surface area contributed by atoms with E-state index in [4.69, 9.17) is 10.6 Å². The minimum absolute atomic E-state index is 0.307. The van der Waals surface area contributed by atoms with E-state index in [0.29, 0.717) is 16.3 Å². The van der Waals surface area contributed by atoms with E-state index < -0.39 is 0 Å². The Labute approximate surface area is 120 Å². The smallest absolute Gasteiger partial charge is 0.240 e. The lowest BCUT2D eigenvalue weighted by molar-refractivity contribution is 0.451. The van der Waals surface area contributed by atoms with Crippen molar-refractivity contribution in [1.82, 2.24) is 9.97 Å². The number of nitrogens with two attached hydrogens (primary N) is 1. The second-order valence-electron chi connectivity index (χ2n) is 4.25. The number of halogens is 1. The average Bonchev–Trinajstić information content (AvgIpc) is 2.41. The molecule has 0 fully saturated rings. The second-order valence-corrected chi connectivity index (χ2v) is 5.10. The van der Waals surface area contributed by atoms with Crippen LogP contribution in [0, 0.1) is 20.8 Å². The van der Waals surface area contributed by atoms with Gasteiger partial charge in [-0.05, 0) is 53.4 Å². The molecule has 0 saturated carbocycles. The number of nitrogen functional groups attached to an aromatic ring is 1. The fraction of sp³-hybridized carbons (Fsp3) is 0.231. The highest BCUT2D eigenvalue weighted by atomic mass is 79.9. The van der Waals surface area contributed by atoms with E-state index in [0.717, 1.165) is 16.9 Å². The van der Waals surface area contributed by atoms with Gasteiger partial charge in [-0.25, -0.2) is 10.8 Å². The molecule has 6 heteroatoms. The SMILES string of the molecule is Cc1ccc(C)c(Oc2nc(NN)ncc2Br)c1C. The molecule has 0 atom stereocenters. The van der Waals surface area contributed by atoms with E-state index in [9.17, 15) is 0 Å². The van der Waals surface area contributed by atoms with Crippen molar-refractivity contribution in [3.05, 3.63) is 39.5 Å². The predicted molar refractivity (Wildman–Crippen MR) is 78.3 cm³/mol. The van der Waals surface area contributed by atoms with Gasteiger partial charge < -0.3 is 4.74 Å². The van der Waals surface area contributed by atoms with Gasteiger partial charge in [-0.2, -0.15) is 4.98 Å². The van der Waals surface area contributed by atoms with Crippen LogP contribution in [0.3, 0.4) is 0 Å². The summed E-state index contributed by atoms with van der Waals surface area (Å²) in [7, 11) is 0. The lowest BCUT2D eigenvalue weighted by Crippen LogP contribution is -2.10. The summed E-state index contributed by atoms with van der Waals surface area (Å²) in [5.74, 6) is 6.84. The number of aryl methyl sites for hydroxylation is 2. The Balaban J connectivity index is 2.44. The lowest BCUT2D eigenvalue weighted by Gasteiger charge is -2.14. The van der Waals surface area contributed by atoms with Crippen LogP contribution in [0.2, 0.25) is 0 Å². The fourth-order valence-electron chi connectivity index (χ4n) is 1.67. The molecule has 0 amide bonds. The number of hydrogen-bond acceptors (Lipinski definition) is 5. The maximum Gasteiger partial charge on any atom is 0.240 e. The fourth-order valence-corrected chi connectivity index (χ4v) is 1.94. The first kappa shape index (κ1) is 13.8. The van der Waals surface area contributed by atoms with Crippen molar-refractivity contribution in [2.75, 3.05) is 5.43 Å². The Morgan fingerprint density at radius 1 is 1.21 bits per heavy atom. The van der Waals surface area contributed by atoms with Gasteiger partial charge in [0.1, 0.15) is 5.75 Å². The molecule has 0 bridgehead atoms. The van der Waals surface area contributed by atoms with Crippen LogP contribution in [0.1, 0.15) is 16.7 Å². The lowest BCUT2D eigenvalue weighted by atomic mass is 10.1. The maximum absolute atomic E-state index is 5.90. The molecule has 19 heavy (non-hydrogen) atoms. The van der Waals surface area contributed by atoms with Gasteiger partial charge in [0.05, 0.1) is 10.7 Å². The number of anilines is 1. The molecule has 0 aliphatic carbocycles. The van der Waals surface area contributed by atoms with Crippen LogP contribution in [0.5, 0.6) is 11.6 Å². The standard InChI is InChI=1S/C13H15BrN4O/c1-7-4-5-8(2)11(9(7)3)19-12-10(14)6-16-13(17-12)18-15/h4-6H,15H2,1-3H3,(H,16,17,18). The van der Waals surface area contributed by atoms with Crippen LogP contribution in [0.4, 0.5) is 5.95 Å². The highest BCUT2D eigenvalue weighted by Crippen LogP contribution is 2.33. The topological polar surface area (TPSA) is 73.1 Å². The minimum atomic E-state index is 0.307. The Bertz CT molecular complexity index is 616. The van der Waals surface area contributed by atoms with Crippen molar-refractivity contribution in [3.63, 3.8) is 0 Å². The first-order valence-electron chi connectivity index (χ1n) is 5.76. The third-order valence-electron chi connectivity index (χ3n) is 2.91. The Morgan fingerprint density at radius 2 is 1.89 bits per heavy atom. The molecule has 0 unspecified atom stereocenters. The molecule has 2 rings (SSSR count). The van der Waals surface area contributed by atoms with Crippen molar-refractivity contribution < 1.29 is 4.74 Å². The predicted octanol–water partition coefficient (Wildman–Crippen LogP) is 3.24.